The van der Waals surface area contributed by atoms with E-state index in [1.165, 1.54) is 28.8 Å². The molecule has 8 nitrogen and oxygen atoms in total. The molecule has 152 valence electrons. The van der Waals surface area contributed by atoms with E-state index in [0.29, 0.717) is 0 Å². The van der Waals surface area contributed by atoms with Crippen LogP contribution in [0, 0.1) is 0 Å². The molecular weight excluding hydrogens is 396 g/mol. The number of nitrogens with one attached hydrogen (secondary N) is 1. The molecule has 4 atom stereocenters. The molecule has 0 bridgehead atoms. The molecule has 3 aliphatic heterocycles. The van der Waals surface area contributed by atoms with Crippen LogP contribution in [-0.4, -0.2) is 57.1 Å². The molecule has 29 heavy (non-hydrogen) atoms. The standard InChI is InChI=1S/C20H20N2O6S/c1-20(2)16(19(26)28-14-9-8-13(24)27-14)22-17(25)15(18(22)29-20)21-12(23)10-11-6-4-3-5-7-11/h3-9,14-16,18H,10H2,1-2H3,(H,21,23)/t14?,15-,16+,18-/m1/s1. The minimum atomic E-state index is -1.08. The SMILES string of the molecule is CC1(C)S[C@@H]2[C@H](NC(=O)Cc3ccccc3)C(=O)N2[C@H]1C(=O)OC1C=CC(=O)O1. The lowest BCUT2D eigenvalue weighted by atomic mass is 9.96. The summed E-state index contributed by atoms with van der Waals surface area (Å²) in [6.07, 6.45) is 1.63. The molecule has 2 fully saturated rings. The average molecular weight is 416 g/mol. The monoisotopic (exact) mass is 416 g/mol. The number of hydrogen-bond acceptors (Lipinski definition) is 7. The highest BCUT2D eigenvalue weighted by Gasteiger charge is 2.64. The summed E-state index contributed by atoms with van der Waals surface area (Å²) >= 11 is 1.44. The molecule has 2 saturated heterocycles. The molecule has 0 radical (unpaired) electrons. The van der Waals surface area contributed by atoms with Crippen LogP contribution in [0.15, 0.2) is 42.5 Å². The first-order valence-corrected chi connectivity index (χ1v) is 10.1. The normalized spacial score (nSPS) is 29.1. The van der Waals surface area contributed by atoms with Gasteiger partial charge in [0.15, 0.2) is 0 Å². The molecule has 1 aromatic carbocycles. The Balaban J connectivity index is 1.40. The maximum absolute atomic E-state index is 12.7. The maximum Gasteiger partial charge on any atom is 0.334 e. The van der Waals surface area contributed by atoms with Crippen LogP contribution in [0.3, 0.4) is 0 Å². The van der Waals surface area contributed by atoms with E-state index in [0.717, 1.165) is 5.56 Å². The Bertz CT molecular complexity index is 899. The number of nitrogens with zero attached hydrogens (tertiary/aromatic N) is 1. The van der Waals surface area contributed by atoms with Crippen LogP contribution in [0.2, 0.25) is 0 Å². The summed E-state index contributed by atoms with van der Waals surface area (Å²) in [4.78, 5) is 50.3. The number of rotatable bonds is 5. The zero-order chi connectivity index (χ0) is 20.8. The summed E-state index contributed by atoms with van der Waals surface area (Å²) in [5.41, 5.74) is 0.855. The van der Waals surface area contributed by atoms with Crippen molar-refractivity contribution in [3.8, 4) is 0 Å². The van der Waals surface area contributed by atoms with E-state index in [-0.39, 0.29) is 23.6 Å². The highest BCUT2D eigenvalue weighted by molar-refractivity contribution is 8.01. The van der Waals surface area contributed by atoms with Gasteiger partial charge in [-0.25, -0.2) is 9.59 Å². The zero-order valence-corrected chi connectivity index (χ0v) is 16.7. The number of β-lactam (4-membered cyclic amide) rings is 1. The number of ether oxygens (including phenoxy) is 2. The van der Waals surface area contributed by atoms with Gasteiger partial charge in [0.2, 0.25) is 11.8 Å². The predicted octanol–water partition coefficient (Wildman–Crippen LogP) is 0.758. The van der Waals surface area contributed by atoms with Gasteiger partial charge in [0.1, 0.15) is 17.5 Å². The van der Waals surface area contributed by atoms with Gasteiger partial charge in [0.25, 0.3) is 6.29 Å². The summed E-state index contributed by atoms with van der Waals surface area (Å²) in [6, 6.07) is 7.74. The Hall–Kier alpha value is -2.81. The van der Waals surface area contributed by atoms with Crippen LogP contribution in [0.25, 0.3) is 0 Å². The van der Waals surface area contributed by atoms with Gasteiger partial charge in [0.05, 0.1) is 6.42 Å². The number of esters is 2. The van der Waals surface area contributed by atoms with Crippen LogP contribution < -0.4 is 5.32 Å². The lowest BCUT2D eigenvalue weighted by molar-refractivity contribution is -0.182. The minimum Gasteiger partial charge on any atom is -0.420 e. The van der Waals surface area contributed by atoms with E-state index in [9.17, 15) is 19.2 Å². The molecule has 2 amide bonds. The molecule has 1 aromatic rings. The fraction of sp³-hybridized carbons (Fsp3) is 0.400. The molecule has 3 heterocycles. The van der Waals surface area contributed by atoms with Gasteiger partial charge in [-0.15, -0.1) is 11.8 Å². The highest BCUT2D eigenvalue weighted by atomic mass is 32.2. The van der Waals surface area contributed by atoms with Crippen molar-refractivity contribution < 1.29 is 28.7 Å². The van der Waals surface area contributed by atoms with Crippen molar-refractivity contribution in [2.45, 2.75) is 48.8 Å². The molecule has 0 aliphatic carbocycles. The van der Waals surface area contributed by atoms with E-state index in [1.54, 1.807) is 0 Å². The van der Waals surface area contributed by atoms with Crippen molar-refractivity contribution in [3.63, 3.8) is 0 Å². The fourth-order valence-corrected chi connectivity index (χ4v) is 5.35. The third-order valence-electron chi connectivity index (χ3n) is 5.04. The number of carbonyl (C=O) groups is 4. The Morgan fingerprint density at radius 1 is 1.24 bits per heavy atom. The number of carbonyl (C=O) groups excluding carboxylic acids is 4. The van der Waals surface area contributed by atoms with Crippen molar-refractivity contribution in [2.24, 2.45) is 0 Å². The highest BCUT2D eigenvalue weighted by Crippen LogP contribution is 2.51. The number of benzene rings is 1. The first-order chi connectivity index (χ1) is 13.8. The second kappa shape index (κ2) is 7.22. The number of amides is 2. The first-order valence-electron chi connectivity index (χ1n) is 9.19. The summed E-state index contributed by atoms with van der Waals surface area (Å²) in [5, 5.41) is 2.43. The molecule has 1 N–H and O–H groups in total. The topological polar surface area (TPSA) is 102 Å². The van der Waals surface area contributed by atoms with Gasteiger partial charge in [-0.05, 0) is 19.4 Å². The van der Waals surface area contributed by atoms with Gasteiger partial charge in [0, 0.05) is 16.9 Å². The number of hydrogen-bond donors (Lipinski definition) is 1. The van der Waals surface area contributed by atoms with Gasteiger partial charge in [-0.1, -0.05) is 30.3 Å². The quantitative estimate of drug-likeness (QED) is 0.558. The van der Waals surface area contributed by atoms with E-state index < -0.39 is 35.1 Å². The van der Waals surface area contributed by atoms with E-state index in [1.807, 2.05) is 44.2 Å². The van der Waals surface area contributed by atoms with E-state index in [4.69, 9.17) is 9.47 Å². The van der Waals surface area contributed by atoms with Crippen LogP contribution in [-0.2, 0) is 35.1 Å². The average Bonchev–Trinajstić information content (AvgIpc) is 3.18. The fourth-order valence-electron chi connectivity index (χ4n) is 3.72. The summed E-state index contributed by atoms with van der Waals surface area (Å²) in [7, 11) is 0. The summed E-state index contributed by atoms with van der Waals surface area (Å²) < 4.78 is 9.45. The first kappa shape index (κ1) is 19.5. The lowest BCUT2D eigenvalue weighted by Gasteiger charge is -2.44. The van der Waals surface area contributed by atoms with Crippen LogP contribution in [0.5, 0.6) is 0 Å². The third-order valence-corrected chi connectivity index (χ3v) is 6.61. The molecule has 0 aromatic heterocycles. The van der Waals surface area contributed by atoms with Crippen molar-refractivity contribution in [1.29, 1.82) is 0 Å². The van der Waals surface area contributed by atoms with Crippen molar-refractivity contribution in [2.75, 3.05) is 0 Å². The molecule has 3 aliphatic rings. The second-order valence-electron chi connectivity index (χ2n) is 7.57. The summed E-state index contributed by atoms with van der Waals surface area (Å²) in [5.74, 6) is -1.80. The van der Waals surface area contributed by atoms with E-state index in [2.05, 4.69) is 5.32 Å². The maximum atomic E-state index is 12.7. The molecule has 9 heteroatoms. The van der Waals surface area contributed by atoms with Crippen molar-refractivity contribution in [3.05, 3.63) is 48.0 Å². The molecular formula is C20H20N2O6S. The predicted molar refractivity (Wildman–Crippen MR) is 103 cm³/mol. The van der Waals surface area contributed by atoms with E-state index >= 15 is 0 Å². The second-order valence-corrected chi connectivity index (χ2v) is 9.34. The van der Waals surface area contributed by atoms with Crippen LogP contribution >= 0.6 is 11.8 Å². The molecule has 4 rings (SSSR count). The Labute approximate surface area is 171 Å². The van der Waals surface area contributed by atoms with Gasteiger partial charge >= 0.3 is 11.9 Å². The molecule has 0 saturated carbocycles. The largest absolute Gasteiger partial charge is 0.420 e. The number of cyclic esters (lactones) is 1. The van der Waals surface area contributed by atoms with Gasteiger partial charge in [-0.3, -0.25) is 9.59 Å². The lowest BCUT2D eigenvalue weighted by Crippen LogP contribution is -2.70. The Morgan fingerprint density at radius 2 is 1.97 bits per heavy atom. The minimum absolute atomic E-state index is 0.177. The van der Waals surface area contributed by atoms with Crippen molar-refractivity contribution in [1.82, 2.24) is 10.2 Å². The molecule has 1 unspecified atom stereocenters. The van der Waals surface area contributed by atoms with Crippen molar-refractivity contribution >= 4 is 35.5 Å². The van der Waals surface area contributed by atoms with Crippen LogP contribution in [0.4, 0.5) is 0 Å². The Morgan fingerprint density at radius 3 is 2.62 bits per heavy atom. The third kappa shape index (κ3) is 3.62. The Kier molecular flexibility index (Phi) is 4.85. The van der Waals surface area contributed by atoms with Gasteiger partial charge in [-0.2, -0.15) is 0 Å². The van der Waals surface area contributed by atoms with Gasteiger partial charge < -0.3 is 19.7 Å². The smallest absolute Gasteiger partial charge is 0.334 e. The summed E-state index contributed by atoms with van der Waals surface area (Å²) in [6.45, 7) is 3.68. The number of thioether (sulfide) groups is 1. The zero-order valence-electron chi connectivity index (χ0n) is 15.9. The number of fused-ring (bicyclic) bond motifs is 1. The van der Waals surface area contributed by atoms with Crippen LogP contribution in [0.1, 0.15) is 19.4 Å². The molecule has 0 spiro atoms.